The van der Waals surface area contributed by atoms with Crippen LogP contribution in [0.4, 0.5) is 23.4 Å². The quantitative estimate of drug-likeness (QED) is 0.397. The maximum absolute atomic E-state index is 13.9. The highest BCUT2D eigenvalue weighted by Crippen LogP contribution is 2.27. The van der Waals surface area contributed by atoms with Crippen LogP contribution in [0.3, 0.4) is 0 Å². The third-order valence-electron chi connectivity index (χ3n) is 4.88. The first kappa shape index (κ1) is 25.5. The van der Waals surface area contributed by atoms with E-state index >= 15 is 0 Å². The van der Waals surface area contributed by atoms with Gasteiger partial charge in [0.25, 0.3) is 5.88 Å². The summed E-state index contributed by atoms with van der Waals surface area (Å²) in [6, 6.07) is 10.3. The Hall–Kier alpha value is -4.13. The zero-order chi connectivity index (χ0) is 25.8. The predicted octanol–water partition coefficient (Wildman–Crippen LogP) is 3.57. The predicted molar refractivity (Wildman–Crippen MR) is 121 cm³/mol. The van der Waals surface area contributed by atoms with E-state index in [0.717, 1.165) is 23.6 Å². The van der Waals surface area contributed by atoms with Crippen LogP contribution in [0.1, 0.15) is 18.5 Å². The molecule has 3 heterocycles. The molecule has 13 heteroatoms. The molecule has 0 fully saturated rings. The molecule has 1 aliphatic heterocycles. The summed E-state index contributed by atoms with van der Waals surface area (Å²) in [6.45, 7) is -0.0313. The Morgan fingerprint density at radius 2 is 2.03 bits per heavy atom. The number of aromatic nitrogens is 2. The summed E-state index contributed by atoms with van der Waals surface area (Å²) < 4.78 is 54.5. The number of alkyl halides is 3. The van der Waals surface area contributed by atoms with Crippen LogP contribution in [0.5, 0.6) is 5.88 Å². The Bertz CT molecular complexity index is 1220. The molecule has 0 aliphatic carbocycles. The Labute approximate surface area is 196 Å². The number of nitrogen functional groups attached to an aromatic ring is 1. The summed E-state index contributed by atoms with van der Waals surface area (Å²) in [5.74, 6) is -2.34. The lowest BCUT2D eigenvalue weighted by molar-refractivity contribution is -0.154. The van der Waals surface area contributed by atoms with Crippen molar-refractivity contribution in [1.29, 1.82) is 0 Å². The van der Waals surface area contributed by atoms with Crippen LogP contribution < -0.4 is 16.2 Å². The minimum Gasteiger partial charge on any atom is -0.477 e. The summed E-state index contributed by atoms with van der Waals surface area (Å²) in [7, 11) is 0. The van der Waals surface area contributed by atoms with Crippen molar-refractivity contribution >= 4 is 28.4 Å². The molecule has 0 radical (unpaired) electrons. The topological polar surface area (TPSA) is 143 Å². The number of benzene rings is 1. The second kappa shape index (κ2) is 10.4. The number of carboxylic acids is 1. The van der Waals surface area contributed by atoms with E-state index < -0.39 is 42.8 Å². The average molecular weight is 494 g/mol. The highest BCUT2D eigenvalue weighted by atomic mass is 19.4. The van der Waals surface area contributed by atoms with Gasteiger partial charge in [-0.2, -0.15) is 13.2 Å². The first-order valence-corrected chi connectivity index (χ1v) is 10.1. The Kier molecular flexibility index (Phi) is 7.59. The molecule has 9 nitrogen and oxygen atoms in total. The van der Waals surface area contributed by atoms with E-state index in [0.29, 0.717) is 5.56 Å². The van der Waals surface area contributed by atoms with Crippen molar-refractivity contribution in [2.45, 2.75) is 25.4 Å². The van der Waals surface area contributed by atoms with E-state index in [9.17, 15) is 22.4 Å². The van der Waals surface area contributed by atoms with Gasteiger partial charge < -0.3 is 25.5 Å². The monoisotopic (exact) mass is 494 g/mol. The number of hydrogen-bond donors (Lipinski definition) is 4. The first-order chi connectivity index (χ1) is 16.4. The van der Waals surface area contributed by atoms with Crippen LogP contribution in [-0.2, 0) is 4.79 Å². The molecule has 6 N–H and O–H groups in total. The van der Waals surface area contributed by atoms with Crippen molar-refractivity contribution in [3.8, 4) is 5.88 Å². The molecular weight excluding hydrogens is 472 g/mol. The van der Waals surface area contributed by atoms with Gasteiger partial charge in [0.2, 0.25) is 0 Å². The van der Waals surface area contributed by atoms with E-state index in [4.69, 9.17) is 16.6 Å². The molecule has 0 bridgehead atoms. The van der Waals surface area contributed by atoms with Gasteiger partial charge in [-0.05, 0) is 36.8 Å². The van der Waals surface area contributed by atoms with Crippen molar-refractivity contribution in [2.75, 3.05) is 12.3 Å². The summed E-state index contributed by atoms with van der Waals surface area (Å²) in [4.78, 5) is 22.7. The summed E-state index contributed by atoms with van der Waals surface area (Å²) >= 11 is 0. The number of nitrogens with zero attached hydrogens (tertiary/aromatic N) is 3. The Morgan fingerprint density at radius 3 is 2.63 bits per heavy atom. The fourth-order valence-corrected chi connectivity index (χ4v) is 3.17. The van der Waals surface area contributed by atoms with Crippen molar-refractivity contribution in [3.05, 3.63) is 66.3 Å². The number of ether oxygens (including phenoxy) is 1. The van der Waals surface area contributed by atoms with Crippen LogP contribution in [0.2, 0.25) is 0 Å². The third kappa shape index (κ3) is 6.69. The van der Waals surface area contributed by atoms with Crippen LogP contribution in [-0.4, -0.2) is 50.7 Å². The molecule has 2 aromatic heterocycles. The van der Waals surface area contributed by atoms with E-state index in [2.05, 4.69) is 19.7 Å². The fraction of sp³-hybridized carbons (Fsp3) is 0.227. The lowest BCUT2D eigenvalue weighted by Gasteiger charge is -2.33. The molecule has 2 unspecified atom stereocenters. The zero-order valence-corrected chi connectivity index (χ0v) is 18.3. The van der Waals surface area contributed by atoms with Crippen molar-refractivity contribution < 1.29 is 32.2 Å². The number of H-pyrrole nitrogens is 1. The van der Waals surface area contributed by atoms with Crippen LogP contribution >= 0.6 is 0 Å². The average Bonchev–Trinajstić information content (AvgIpc) is 3.17. The highest BCUT2D eigenvalue weighted by molar-refractivity contribution is 6.40. The standard InChI is InChI=1S/C14H14F4N4O3.C8H8N2/c1-7(22-3-2-10(12(23)24)21-13(22)19)8-4-9(15)11(20-5-8)25-6-14(16,17)18;9-8-5-6-3-1-2-4-7(6)10-8/h2-5,7,13H,6,19H2,1H3,(H,23,24);1-5,10H,9H2. The minimum absolute atomic E-state index is 0.226. The van der Waals surface area contributed by atoms with Gasteiger partial charge in [0.05, 0.1) is 6.04 Å². The molecule has 2 atom stereocenters. The van der Waals surface area contributed by atoms with Gasteiger partial charge in [-0.1, -0.05) is 18.2 Å². The molecular formula is C22H22F4N6O3. The van der Waals surface area contributed by atoms with Gasteiger partial charge in [-0.25, -0.2) is 19.2 Å². The van der Waals surface area contributed by atoms with Crippen LogP contribution in [0.15, 0.2) is 59.9 Å². The van der Waals surface area contributed by atoms with Gasteiger partial charge in [0.1, 0.15) is 11.5 Å². The Balaban J connectivity index is 0.000000281. The third-order valence-corrected chi connectivity index (χ3v) is 4.88. The smallest absolute Gasteiger partial charge is 0.422 e. The molecule has 1 aromatic carbocycles. The van der Waals surface area contributed by atoms with Gasteiger partial charge >= 0.3 is 12.1 Å². The van der Waals surface area contributed by atoms with E-state index in [-0.39, 0.29) is 5.71 Å². The maximum atomic E-state index is 13.9. The lowest BCUT2D eigenvalue weighted by atomic mass is 10.1. The second-order valence-corrected chi connectivity index (χ2v) is 7.44. The van der Waals surface area contributed by atoms with E-state index in [1.807, 2.05) is 30.3 Å². The molecule has 1 aliphatic rings. The van der Waals surface area contributed by atoms with Crippen molar-refractivity contribution in [3.63, 3.8) is 0 Å². The molecule has 4 rings (SSSR count). The number of carboxylic acid groups (broad SMARTS) is 1. The van der Waals surface area contributed by atoms with Crippen LogP contribution in [0.25, 0.3) is 10.9 Å². The summed E-state index contributed by atoms with van der Waals surface area (Å²) in [5, 5.41) is 10.0. The number of nitrogens with two attached hydrogens (primary N) is 2. The van der Waals surface area contributed by atoms with Gasteiger partial charge in [0, 0.05) is 23.3 Å². The van der Waals surface area contributed by atoms with Crippen molar-refractivity contribution in [2.24, 2.45) is 10.7 Å². The number of halogens is 4. The number of carbonyl (C=O) groups is 1. The normalized spacial score (nSPS) is 16.3. The Morgan fingerprint density at radius 1 is 1.31 bits per heavy atom. The fourth-order valence-electron chi connectivity index (χ4n) is 3.17. The number of rotatable bonds is 5. The molecule has 0 saturated heterocycles. The van der Waals surface area contributed by atoms with Gasteiger partial charge in [-0.3, -0.25) is 5.73 Å². The van der Waals surface area contributed by atoms with Crippen molar-refractivity contribution in [1.82, 2.24) is 14.9 Å². The van der Waals surface area contributed by atoms with E-state index in [1.165, 1.54) is 22.6 Å². The number of aliphatic carboxylic acids is 1. The first-order valence-electron chi connectivity index (χ1n) is 10.1. The molecule has 186 valence electrons. The number of nitrogens with one attached hydrogen (secondary N) is 1. The molecule has 3 aromatic rings. The van der Waals surface area contributed by atoms with Gasteiger partial charge in [-0.15, -0.1) is 0 Å². The lowest BCUT2D eigenvalue weighted by Crippen LogP contribution is -2.42. The summed E-state index contributed by atoms with van der Waals surface area (Å²) in [5.41, 5.74) is 12.5. The SMILES string of the molecule is CC(c1cnc(OCC(F)(F)F)c(F)c1)N1C=CC(C(=O)O)=NC1N.Nc1cc2ccccc2[nH]1. The number of anilines is 1. The number of hydrogen-bond acceptors (Lipinski definition) is 7. The zero-order valence-electron chi connectivity index (χ0n) is 18.3. The summed E-state index contributed by atoms with van der Waals surface area (Å²) in [6.07, 6.45) is -1.86. The number of fused-ring (bicyclic) bond motifs is 1. The number of para-hydroxylation sites is 1. The molecule has 35 heavy (non-hydrogen) atoms. The molecule has 0 saturated carbocycles. The minimum atomic E-state index is -4.61. The molecule has 0 spiro atoms. The maximum Gasteiger partial charge on any atom is 0.422 e. The number of pyridine rings is 1. The van der Waals surface area contributed by atoms with Crippen LogP contribution in [0, 0.1) is 5.82 Å². The number of aliphatic imine (C=N–C) groups is 1. The number of aromatic amines is 1. The van der Waals surface area contributed by atoms with E-state index in [1.54, 1.807) is 6.92 Å². The largest absolute Gasteiger partial charge is 0.477 e. The highest BCUT2D eigenvalue weighted by Gasteiger charge is 2.30. The second-order valence-electron chi connectivity index (χ2n) is 7.44. The molecule has 0 amide bonds. The van der Waals surface area contributed by atoms with Gasteiger partial charge in [0.15, 0.2) is 18.7 Å².